The van der Waals surface area contributed by atoms with E-state index in [9.17, 15) is 0 Å². The van der Waals surface area contributed by atoms with E-state index in [1.165, 1.54) is 55.7 Å². The number of rotatable bonds is 3. The second-order valence-corrected chi connectivity index (χ2v) is 10.0. The monoisotopic (exact) mass is 404 g/mol. The van der Waals surface area contributed by atoms with Crippen LogP contribution in [0.2, 0.25) is 0 Å². The van der Waals surface area contributed by atoms with Crippen LogP contribution in [0.15, 0.2) is 78.4 Å². The lowest BCUT2D eigenvalue weighted by molar-refractivity contribution is 0.658. The van der Waals surface area contributed by atoms with Crippen molar-refractivity contribution in [3.8, 4) is 11.1 Å². The van der Waals surface area contributed by atoms with Crippen LogP contribution in [0.25, 0.3) is 16.7 Å². The Morgan fingerprint density at radius 3 is 2.32 bits per heavy atom. The fraction of sp³-hybridized carbons (Fsp3) is 0.290. The summed E-state index contributed by atoms with van der Waals surface area (Å²) in [6.07, 6.45) is 6.85. The molecule has 0 amide bonds. The van der Waals surface area contributed by atoms with E-state index >= 15 is 0 Å². The van der Waals surface area contributed by atoms with Gasteiger partial charge in [-0.3, -0.25) is 0 Å². The molecule has 0 nitrogen and oxygen atoms in total. The summed E-state index contributed by atoms with van der Waals surface area (Å²) in [7, 11) is 0. The summed E-state index contributed by atoms with van der Waals surface area (Å²) in [4.78, 5) is 0. The number of allylic oxidation sites excluding steroid dienone is 4. The minimum Gasteiger partial charge on any atom is -0.0836 e. The Kier molecular flexibility index (Phi) is 4.77. The van der Waals surface area contributed by atoms with E-state index in [1.807, 2.05) is 0 Å². The molecule has 0 bridgehead atoms. The molecule has 0 aliphatic heterocycles. The van der Waals surface area contributed by atoms with Gasteiger partial charge in [0.25, 0.3) is 0 Å². The second kappa shape index (κ2) is 7.38. The van der Waals surface area contributed by atoms with E-state index < -0.39 is 0 Å². The molecule has 2 aliphatic carbocycles. The molecule has 1 unspecified atom stereocenters. The van der Waals surface area contributed by atoms with E-state index in [-0.39, 0.29) is 5.41 Å². The minimum absolute atomic E-state index is 0.0512. The molecule has 3 aromatic rings. The molecule has 0 fully saturated rings. The van der Waals surface area contributed by atoms with Crippen LogP contribution in [-0.2, 0) is 11.8 Å². The molecular formula is C31H32. The first-order valence-corrected chi connectivity index (χ1v) is 11.6. The van der Waals surface area contributed by atoms with Crippen molar-refractivity contribution in [3.05, 3.63) is 112 Å². The van der Waals surface area contributed by atoms with Gasteiger partial charge in [0.15, 0.2) is 0 Å². The molecule has 0 aromatic heterocycles. The average molecular weight is 405 g/mol. The fourth-order valence-corrected chi connectivity index (χ4v) is 5.63. The van der Waals surface area contributed by atoms with E-state index in [0.29, 0.717) is 5.92 Å². The van der Waals surface area contributed by atoms with Gasteiger partial charge in [0, 0.05) is 5.41 Å². The van der Waals surface area contributed by atoms with Crippen molar-refractivity contribution in [3.63, 3.8) is 0 Å². The molecule has 2 aliphatic rings. The molecule has 0 radical (unpaired) electrons. The third-order valence-electron chi connectivity index (χ3n) is 7.37. The molecule has 156 valence electrons. The predicted molar refractivity (Wildman–Crippen MR) is 133 cm³/mol. The van der Waals surface area contributed by atoms with Gasteiger partial charge < -0.3 is 0 Å². The summed E-state index contributed by atoms with van der Waals surface area (Å²) in [5.41, 5.74) is 14.3. The van der Waals surface area contributed by atoms with E-state index in [1.54, 1.807) is 0 Å². The molecule has 0 heterocycles. The van der Waals surface area contributed by atoms with Gasteiger partial charge in [0.05, 0.1) is 0 Å². The van der Waals surface area contributed by atoms with E-state index in [0.717, 1.165) is 12.8 Å². The summed E-state index contributed by atoms with van der Waals surface area (Å²) in [5.74, 6) is 0.555. The largest absolute Gasteiger partial charge is 0.0836 e. The van der Waals surface area contributed by atoms with Crippen molar-refractivity contribution in [2.75, 3.05) is 0 Å². The normalized spacial score (nSPS) is 18.8. The first-order chi connectivity index (χ1) is 14.9. The van der Waals surface area contributed by atoms with Crippen molar-refractivity contribution in [1.29, 1.82) is 0 Å². The third-order valence-corrected chi connectivity index (χ3v) is 7.37. The molecule has 0 saturated carbocycles. The van der Waals surface area contributed by atoms with E-state index in [2.05, 4.69) is 107 Å². The molecule has 5 rings (SSSR count). The van der Waals surface area contributed by atoms with Gasteiger partial charge in [0.1, 0.15) is 0 Å². The van der Waals surface area contributed by atoms with Gasteiger partial charge in [-0.25, -0.2) is 0 Å². The average Bonchev–Trinajstić information content (AvgIpc) is 2.96. The lowest BCUT2D eigenvalue weighted by Crippen LogP contribution is -2.15. The van der Waals surface area contributed by atoms with Crippen LogP contribution in [0.3, 0.4) is 0 Å². The molecule has 1 atom stereocenters. The van der Waals surface area contributed by atoms with Gasteiger partial charge in [-0.1, -0.05) is 99.2 Å². The zero-order valence-electron chi connectivity index (χ0n) is 19.4. The van der Waals surface area contributed by atoms with Gasteiger partial charge in [-0.15, -0.1) is 0 Å². The number of fused-ring (bicyclic) bond motifs is 3. The smallest absolute Gasteiger partial charge is 0.0159 e. The van der Waals surface area contributed by atoms with Gasteiger partial charge in [-0.05, 0) is 82.7 Å². The first-order valence-electron chi connectivity index (χ1n) is 11.6. The number of benzene rings is 3. The van der Waals surface area contributed by atoms with Crippen LogP contribution >= 0.6 is 0 Å². The number of hydrogen-bond acceptors (Lipinski definition) is 0. The summed E-state index contributed by atoms with van der Waals surface area (Å²) in [6, 6.07) is 23.0. The standard InChI is InChI=1S/C31H32/c1-20-13-15-26-27-16-14-23(19-29(27)31(4,5)28(26)17-20)18-24-11-8-10-22(3)30(24)25-12-7-6-9-21(25)2/h6-9,11-17,19,22H,10,18H2,1-5H3. The van der Waals surface area contributed by atoms with Crippen molar-refractivity contribution >= 4 is 5.57 Å². The van der Waals surface area contributed by atoms with Crippen LogP contribution in [0.5, 0.6) is 0 Å². The van der Waals surface area contributed by atoms with Gasteiger partial charge in [0.2, 0.25) is 0 Å². The van der Waals surface area contributed by atoms with Gasteiger partial charge >= 0.3 is 0 Å². The minimum atomic E-state index is 0.0512. The second-order valence-electron chi connectivity index (χ2n) is 10.0. The van der Waals surface area contributed by atoms with Crippen LogP contribution < -0.4 is 0 Å². The molecule has 0 N–H and O–H groups in total. The van der Waals surface area contributed by atoms with Gasteiger partial charge in [-0.2, -0.15) is 0 Å². The highest BCUT2D eigenvalue weighted by Gasteiger charge is 2.35. The Labute approximate surface area is 187 Å². The van der Waals surface area contributed by atoms with Crippen LogP contribution in [0, 0.1) is 19.8 Å². The maximum Gasteiger partial charge on any atom is 0.0159 e. The maximum absolute atomic E-state index is 2.47. The Hall–Kier alpha value is -2.86. The molecule has 0 saturated heterocycles. The Morgan fingerprint density at radius 2 is 1.55 bits per heavy atom. The molecule has 3 aromatic carbocycles. The fourth-order valence-electron chi connectivity index (χ4n) is 5.63. The number of hydrogen-bond donors (Lipinski definition) is 0. The summed E-state index contributed by atoms with van der Waals surface area (Å²) >= 11 is 0. The summed E-state index contributed by atoms with van der Waals surface area (Å²) in [5, 5.41) is 0. The Bertz CT molecular complexity index is 1230. The molecule has 31 heavy (non-hydrogen) atoms. The van der Waals surface area contributed by atoms with Crippen molar-refractivity contribution in [2.45, 2.75) is 52.9 Å². The quantitative estimate of drug-likeness (QED) is 0.412. The highest BCUT2D eigenvalue weighted by atomic mass is 14.4. The highest BCUT2D eigenvalue weighted by Crippen LogP contribution is 2.49. The SMILES string of the molecule is Cc1ccc2c(c1)C(C)(C)c1cc(CC3=C(c4ccccc4C)C(C)CC=C3)ccc1-2. The number of aryl methyl sites for hydroxylation is 2. The molecular weight excluding hydrogens is 372 g/mol. The molecule has 0 heteroatoms. The van der Waals surface area contributed by atoms with Crippen molar-refractivity contribution < 1.29 is 0 Å². The lowest BCUT2D eigenvalue weighted by Gasteiger charge is -2.25. The van der Waals surface area contributed by atoms with E-state index in [4.69, 9.17) is 0 Å². The third kappa shape index (κ3) is 3.30. The van der Waals surface area contributed by atoms with Crippen LogP contribution in [0.1, 0.15) is 60.6 Å². The van der Waals surface area contributed by atoms with Crippen molar-refractivity contribution in [1.82, 2.24) is 0 Å². The highest BCUT2D eigenvalue weighted by molar-refractivity contribution is 5.81. The Morgan fingerprint density at radius 1 is 0.839 bits per heavy atom. The Balaban J connectivity index is 1.58. The zero-order valence-corrected chi connectivity index (χ0v) is 19.4. The topological polar surface area (TPSA) is 0 Å². The van der Waals surface area contributed by atoms with Crippen LogP contribution in [0.4, 0.5) is 0 Å². The van der Waals surface area contributed by atoms with Crippen molar-refractivity contribution in [2.24, 2.45) is 5.92 Å². The summed E-state index contributed by atoms with van der Waals surface area (Å²) < 4.78 is 0. The zero-order chi connectivity index (χ0) is 21.8. The summed E-state index contributed by atoms with van der Waals surface area (Å²) in [6.45, 7) is 11.6. The first kappa shape index (κ1) is 20.1. The van der Waals surface area contributed by atoms with Crippen LogP contribution in [-0.4, -0.2) is 0 Å². The molecule has 0 spiro atoms. The maximum atomic E-state index is 2.47. The lowest BCUT2D eigenvalue weighted by atomic mass is 9.79. The predicted octanol–water partition coefficient (Wildman–Crippen LogP) is 8.20.